The highest BCUT2D eigenvalue weighted by molar-refractivity contribution is 6.33. The highest BCUT2D eigenvalue weighted by atomic mass is 35.5. The minimum absolute atomic E-state index is 0.111. The van der Waals surface area contributed by atoms with Gasteiger partial charge in [-0.05, 0) is 30.3 Å². The second-order valence-corrected chi connectivity index (χ2v) is 6.62. The fourth-order valence-electron chi connectivity index (χ4n) is 3.12. The van der Waals surface area contributed by atoms with Crippen molar-refractivity contribution in [3.05, 3.63) is 59.4 Å². The molecule has 0 saturated carbocycles. The molecule has 1 saturated heterocycles. The SMILES string of the molecule is O=C(CN1N=NC2C(=O)N(c3cccc(F)c3)C(=O)C21)Nc1ccccc1Cl. The summed E-state index contributed by atoms with van der Waals surface area (Å²) in [5.74, 6) is -2.28. The summed E-state index contributed by atoms with van der Waals surface area (Å²) in [6, 6.07) is 9.72. The van der Waals surface area contributed by atoms with E-state index in [0.717, 1.165) is 16.0 Å². The number of nitrogens with zero attached hydrogens (tertiary/aromatic N) is 4. The summed E-state index contributed by atoms with van der Waals surface area (Å²) >= 11 is 6.01. The van der Waals surface area contributed by atoms with E-state index in [-0.39, 0.29) is 12.2 Å². The number of carbonyl (C=O) groups is 3. The van der Waals surface area contributed by atoms with Gasteiger partial charge in [-0.1, -0.05) is 35.0 Å². The van der Waals surface area contributed by atoms with Gasteiger partial charge in [-0.25, -0.2) is 9.29 Å². The van der Waals surface area contributed by atoms with E-state index in [1.807, 2.05) is 0 Å². The number of para-hydroxylation sites is 1. The molecule has 10 heteroatoms. The molecule has 2 atom stereocenters. The number of anilines is 2. The Morgan fingerprint density at radius 1 is 1.14 bits per heavy atom. The van der Waals surface area contributed by atoms with Gasteiger partial charge in [0.15, 0.2) is 12.1 Å². The Kier molecular flexibility index (Phi) is 4.52. The first-order valence-electron chi connectivity index (χ1n) is 8.31. The number of rotatable bonds is 4. The zero-order valence-corrected chi connectivity index (χ0v) is 15.0. The first-order chi connectivity index (χ1) is 13.5. The van der Waals surface area contributed by atoms with Crippen molar-refractivity contribution < 1.29 is 18.8 Å². The predicted molar refractivity (Wildman–Crippen MR) is 98.1 cm³/mol. The maximum absolute atomic E-state index is 13.5. The molecule has 0 aliphatic carbocycles. The van der Waals surface area contributed by atoms with Gasteiger partial charge in [-0.3, -0.25) is 19.4 Å². The highest BCUT2D eigenvalue weighted by Gasteiger charge is 2.55. The number of halogens is 2. The first-order valence-corrected chi connectivity index (χ1v) is 8.68. The second-order valence-electron chi connectivity index (χ2n) is 6.21. The molecule has 28 heavy (non-hydrogen) atoms. The van der Waals surface area contributed by atoms with Crippen LogP contribution in [0, 0.1) is 5.82 Å². The van der Waals surface area contributed by atoms with Crippen LogP contribution in [-0.2, 0) is 14.4 Å². The third kappa shape index (κ3) is 3.09. The van der Waals surface area contributed by atoms with Crippen LogP contribution in [0.5, 0.6) is 0 Å². The number of fused-ring (bicyclic) bond motifs is 1. The molecule has 0 bridgehead atoms. The fourth-order valence-corrected chi connectivity index (χ4v) is 3.31. The number of benzene rings is 2. The quantitative estimate of drug-likeness (QED) is 0.796. The third-order valence-corrected chi connectivity index (χ3v) is 4.71. The predicted octanol–water partition coefficient (Wildman–Crippen LogP) is 2.41. The van der Waals surface area contributed by atoms with Gasteiger partial charge in [-0.15, -0.1) is 0 Å². The van der Waals surface area contributed by atoms with Crippen molar-refractivity contribution >= 4 is 40.7 Å². The lowest BCUT2D eigenvalue weighted by molar-refractivity contribution is -0.123. The molecule has 2 aliphatic rings. The van der Waals surface area contributed by atoms with E-state index < -0.39 is 35.6 Å². The topological polar surface area (TPSA) is 94.4 Å². The summed E-state index contributed by atoms with van der Waals surface area (Å²) in [6.07, 6.45) is 0. The number of imide groups is 1. The molecular formula is C18H13ClFN5O3. The molecular weight excluding hydrogens is 389 g/mol. The molecule has 0 aromatic heterocycles. The van der Waals surface area contributed by atoms with Gasteiger partial charge in [0.25, 0.3) is 11.8 Å². The highest BCUT2D eigenvalue weighted by Crippen LogP contribution is 2.32. The lowest BCUT2D eigenvalue weighted by Crippen LogP contribution is -2.43. The summed E-state index contributed by atoms with van der Waals surface area (Å²) in [5.41, 5.74) is 0.525. The summed E-state index contributed by atoms with van der Waals surface area (Å²) in [4.78, 5) is 38.5. The standard InChI is InChI=1S/C18H13ClFN5O3/c19-12-6-1-2-7-13(12)21-14(26)9-24-16-15(22-23-24)17(27)25(18(16)28)11-5-3-4-10(20)8-11/h1-8,15-16H,9H2,(H,21,26). The number of hydrogen-bond donors (Lipinski definition) is 1. The maximum Gasteiger partial charge on any atom is 0.263 e. The van der Waals surface area contributed by atoms with E-state index >= 15 is 0 Å². The zero-order chi connectivity index (χ0) is 19.8. The Morgan fingerprint density at radius 3 is 2.68 bits per heavy atom. The van der Waals surface area contributed by atoms with Gasteiger partial charge in [-0.2, -0.15) is 5.11 Å². The van der Waals surface area contributed by atoms with Crippen LogP contribution in [0.3, 0.4) is 0 Å². The minimum Gasteiger partial charge on any atom is -0.323 e. The smallest absolute Gasteiger partial charge is 0.263 e. The Labute approximate surface area is 163 Å². The minimum atomic E-state index is -1.07. The summed E-state index contributed by atoms with van der Waals surface area (Å²) < 4.78 is 13.5. The molecule has 2 unspecified atom stereocenters. The average Bonchev–Trinajstić information content (AvgIpc) is 3.17. The summed E-state index contributed by atoms with van der Waals surface area (Å²) in [6.45, 7) is -0.300. The normalized spacial score (nSPS) is 20.6. The number of amides is 3. The molecule has 1 fully saturated rings. The van der Waals surface area contributed by atoms with E-state index in [2.05, 4.69) is 15.7 Å². The number of nitrogens with one attached hydrogen (secondary N) is 1. The van der Waals surface area contributed by atoms with Crippen molar-refractivity contribution in [1.29, 1.82) is 0 Å². The largest absolute Gasteiger partial charge is 0.323 e. The first kappa shape index (κ1) is 18.1. The lowest BCUT2D eigenvalue weighted by Gasteiger charge is -2.20. The molecule has 0 spiro atoms. The molecule has 142 valence electrons. The maximum atomic E-state index is 13.5. The van der Waals surface area contributed by atoms with E-state index in [0.29, 0.717) is 10.7 Å². The Morgan fingerprint density at radius 2 is 1.93 bits per heavy atom. The number of hydrogen-bond acceptors (Lipinski definition) is 6. The van der Waals surface area contributed by atoms with Gasteiger partial charge in [0.2, 0.25) is 5.91 Å². The average molecular weight is 402 g/mol. The van der Waals surface area contributed by atoms with Crippen molar-refractivity contribution in [2.24, 2.45) is 10.3 Å². The molecule has 2 aliphatic heterocycles. The van der Waals surface area contributed by atoms with Gasteiger partial charge in [0.05, 0.1) is 16.4 Å². The Balaban J connectivity index is 1.50. The Bertz CT molecular complexity index is 1010. The molecule has 8 nitrogen and oxygen atoms in total. The second kappa shape index (κ2) is 7.01. The van der Waals surface area contributed by atoms with Crippen LogP contribution in [-0.4, -0.2) is 41.4 Å². The summed E-state index contributed by atoms with van der Waals surface area (Å²) in [5, 5.41) is 11.7. The van der Waals surface area contributed by atoms with Crippen LogP contribution in [0.25, 0.3) is 0 Å². The van der Waals surface area contributed by atoms with E-state index in [1.54, 1.807) is 24.3 Å². The third-order valence-electron chi connectivity index (χ3n) is 4.38. The molecule has 4 rings (SSSR count). The fraction of sp³-hybridized carbons (Fsp3) is 0.167. The van der Waals surface area contributed by atoms with Crippen molar-refractivity contribution in [3.63, 3.8) is 0 Å². The van der Waals surface area contributed by atoms with Gasteiger partial charge in [0, 0.05) is 0 Å². The van der Waals surface area contributed by atoms with Crippen molar-refractivity contribution in [1.82, 2.24) is 5.01 Å². The van der Waals surface area contributed by atoms with Crippen LogP contribution < -0.4 is 10.2 Å². The van der Waals surface area contributed by atoms with E-state index in [1.165, 1.54) is 18.2 Å². The molecule has 0 radical (unpaired) electrons. The van der Waals surface area contributed by atoms with Crippen molar-refractivity contribution in [3.8, 4) is 0 Å². The zero-order valence-electron chi connectivity index (χ0n) is 14.3. The summed E-state index contributed by atoms with van der Waals surface area (Å²) in [7, 11) is 0. The van der Waals surface area contributed by atoms with Gasteiger partial charge in [0.1, 0.15) is 12.4 Å². The van der Waals surface area contributed by atoms with E-state index in [4.69, 9.17) is 11.6 Å². The van der Waals surface area contributed by atoms with Crippen LogP contribution in [0.4, 0.5) is 15.8 Å². The molecule has 2 heterocycles. The molecule has 1 N–H and O–H groups in total. The van der Waals surface area contributed by atoms with E-state index in [9.17, 15) is 18.8 Å². The lowest BCUT2D eigenvalue weighted by atomic mass is 10.1. The van der Waals surface area contributed by atoms with Crippen LogP contribution in [0.2, 0.25) is 5.02 Å². The monoisotopic (exact) mass is 401 g/mol. The van der Waals surface area contributed by atoms with Crippen LogP contribution >= 0.6 is 11.6 Å². The van der Waals surface area contributed by atoms with Crippen LogP contribution in [0.15, 0.2) is 58.9 Å². The number of carbonyl (C=O) groups excluding carboxylic acids is 3. The van der Waals surface area contributed by atoms with Gasteiger partial charge >= 0.3 is 0 Å². The molecule has 3 amide bonds. The molecule has 2 aromatic carbocycles. The van der Waals surface area contributed by atoms with Crippen LogP contribution in [0.1, 0.15) is 0 Å². The Hall–Kier alpha value is -3.33. The van der Waals surface area contributed by atoms with Crippen molar-refractivity contribution in [2.75, 3.05) is 16.8 Å². The van der Waals surface area contributed by atoms with Gasteiger partial charge < -0.3 is 5.32 Å². The van der Waals surface area contributed by atoms with Crippen molar-refractivity contribution in [2.45, 2.75) is 12.1 Å². The molecule has 2 aromatic rings.